The smallest absolute Gasteiger partial charge is 0.331 e. The van der Waals surface area contributed by atoms with Crippen molar-refractivity contribution in [3.63, 3.8) is 0 Å². The number of rotatable bonds is 5. The monoisotopic (exact) mass is 350 g/mol. The van der Waals surface area contributed by atoms with E-state index in [-0.39, 0.29) is 5.56 Å². The van der Waals surface area contributed by atoms with Gasteiger partial charge in [0, 0.05) is 6.08 Å². The van der Waals surface area contributed by atoms with Crippen molar-refractivity contribution in [2.75, 3.05) is 7.11 Å². The maximum Gasteiger partial charge on any atom is 0.331 e. The first-order valence-electron chi connectivity index (χ1n) is 8.08. The van der Waals surface area contributed by atoms with Gasteiger partial charge in [-0.3, -0.25) is 4.79 Å². The topological polar surface area (TPSA) is 81.3 Å². The van der Waals surface area contributed by atoms with E-state index in [9.17, 15) is 9.59 Å². The average molecular weight is 350 g/mol. The number of H-pyrrole nitrogens is 1. The predicted molar refractivity (Wildman–Crippen MR) is 98.9 cm³/mol. The summed E-state index contributed by atoms with van der Waals surface area (Å²) in [4.78, 5) is 31.2. The van der Waals surface area contributed by atoms with Crippen molar-refractivity contribution >= 4 is 22.9 Å². The number of carbonyl (C=O) groups is 1. The quantitative estimate of drug-likeness (QED) is 0.564. The summed E-state index contributed by atoms with van der Waals surface area (Å²) in [5, 5.41) is 0.493. The van der Waals surface area contributed by atoms with Crippen LogP contribution in [0.5, 0.6) is 5.75 Å². The van der Waals surface area contributed by atoms with Crippen LogP contribution in [-0.4, -0.2) is 23.0 Å². The standard InChI is InChI=1S/C20H18N2O4/c1-13(19-21-17-9-4-3-8-16(17)20(24)22-19)26-18(23)11-10-14-6-5-7-15(12-14)25-2/h3-13H,1-2H3,(H,21,22,24)/b11-10+/t13-/m1/s1. The third kappa shape index (κ3) is 3.97. The number of nitrogens with one attached hydrogen (secondary N) is 1. The third-order valence-electron chi connectivity index (χ3n) is 3.81. The molecule has 1 N–H and O–H groups in total. The van der Waals surface area contributed by atoms with Crippen LogP contribution in [-0.2, 0) is 9.53 Å². The number of nitrogens with zero attached hydrogens (tertiary/aromatic N) is 1. The molecular weight excluding hydrogens is 332 g/mol. The number of hydrogen-bond donors (Lipinski definition) is 1. The largest absolute Gasteiger partial charge is 0.497 e. The second-order valence-corrected chi connectivity index (χ2v) is 5.66. The number of fused-ring (bicyclic) bond motifs is 1. The van der Waals surface area contributed by atoms with Crippen molar-refractivity contribution in [1.29, 1.82) is 0 Å². The molecule has 0 fully saturated rings. The molecule has 0 aliphatic rings. The zero-order valence-electron chi connectivity index (χ0n) is 14.4. The lowest BCUT2D eigenvalue weighted by Gasteiger charge is -2.11. The van der Waals surface area contributed by atoms with E-state index in [0.29, 0.717) is 22.5 Å². The molecule has 1 aromatic heterocycles. The fourth-order valence-electron chi connectivity index (χ4n) is 2.48. The summed E-state index contributed by atoms with van der Waals surface area (Å²) < 4.78 is 10.5. The van der Waals surface area contributed by atoms with Gasteiger partial charge in [-0.25, -0.2) is 9.78 Å². The number of hydrogen-bond acceptors (Lipinski definition) is 5. The number of aromatic nitrogens is 2. The van der Waals surface area contributed by atoms with Crippen molar-refractivity contribution in [1.82, 2.24) is 9.97 Å². The van der Waals surface area contributed by atoms with Crippen LogP contribution in [0.2, 0.25) is 0 Å². The van der Waals surface area contributed by atoms with Crippen molar-refractivity contribution in [2.45, 2.75) is 13.0 Å². The van der Waals surface area contributed by atoms with Gasteiger partial charge in [-0.05, 0) is 42.8 Å². The Kier molecular flexibility index (Phi) is 5.12. The van der Waals surface area contributed by atoms with E-state index in [1.807, 2.05) is 18.2 Å². The maximum atomic E-state index is 12.1. The number of carbonyl (C=O) groups excluding carboxylic acids is 1. The fraction of sp³-hybridized carbons (Fsp3) is 0.150. The molecule has 0 unspecified atom stereocenters. The van der Waals surface area contributed by atoms with Crippen molar-refractivity contribution in [2.24, 2.45) is 0 Å². The SMILES string of the molecule is COc1cccc(/C=C/C(=O)O[C@H](C)c2nc3ccccc3c(=O)[nH]2)c1. The summed E-state index contributed by atoms with van der Waals surface area (Å²) in [7, 11) is 1.58. The Bertz CT molecular complexity index is 1020. The lowest BCUT2D eigenvalue weighted by atomic mass is 10.2. The van der Waals surface area contributed by atoms with Crippen LogP contribution in [0.4, 0.5) is 0 Å². The maximum absolute atomic E-state index is 12.1. The highest BCUT2D eigenvalue weighted by atomic mass is 16.5. The van der Waals surface area contributed by atoms with Crippen molar-refractivity contribution < 1.29 is 14.3 Å². The van der Waals surface area contributed by atoms with E-state index in [0.717, 1.165) is 5.56 Å². The molecule has 2 aromatic carbocycles. The Labute approximate surface area is 150 Å². The second kappa shape index (κ2) is 7.65. The third-order valence-corrected chi connectivity index (χ3v) is 3.81. The molecule has 0 aliphatic carbocycles. The highest BCUT2D eigenvalue weighted by Gasteiger charge is 2.14. The molecule has 0 saturated heterocycles. The first-order valence-corrected chi connectivity index (χ1v) is 8.08. The molecule has 1 atom stereocenters. The van der Waals surface area contributed by atoms with E-state index < -0.39 is 12.1 Å². The first kappa shape index (κ1) is 17.4. The summed E-state index contributed by atoms with van der Waals surface area (Å²) >= 11 is 0. The highest BCUT2D eigenvalue weighted by molar-refractivity contribution is 5.87. The minimum absolute atomic E-state index is 0.263. The molecule has 0 radical (unpaired) electrons. The summed E-state index contributed by atoms with van der Waals surface area (Å²) in [5.74, 6) is 0.472. The number of benzene rings is 2. The van der Waals surface area contributed by atoms with Gasteiger partial charge < -0.3 is 14.5 Å². The fourth-order valence-corrected chi connectivity index (χ4v) is 2.48. The number of para-hydroxylation sites is 1. The molecule has 3 aromatic rings. The van der Waals surface area contributed by atoms with Crippen LogP contribution in [0.3, 0.4) is 0 Å². The van der Waals surface area contributed by atoms with Gasteiger partial charge in [0.25, 0.3) is 5.56 Å². The van der Waals surface area contributed by atoms with Crippen LogP contribution in [0.15, 0.2) is 59.4 Å². The van der Waals surface area contributed by atoms with Gasteiger partial charge in [-0.15, -0.1) is 0 Å². The van der Waals surface area contributed by atoms with Crippen LogP contribution in [0.1, 0.15) is 24.4 Å². The highest BCUT2D eigenvalue weighted by Crippen LogP contribution is 2.16. The predicted octanol–water partition coefficient (Wildman–Crippen LogP) is 3.25. The van der Waals surface area contributed by atoms with Gasteiger partial charge in [-0.1, -0.05) is 24.3 Å². The number of methoxy groups -OCH3 is 1. The molecule has 0 aliphatic heterocycles. The molecule has 6 heteroatoms. The molecule has 26 heavy (non-hydrogen) atoms. The van der Waals surface area contributed by atoms with Gasteiger partial charge in [0.15, 0.2) is 11.9 Å². The van der Waals surface area contributed by atoms with Crippen LogP contribution >= 0.6 is 0 Å². The zero-order chi connectivity index (χ0) is 18.5. The van der Waals surface area contributed by atoms with Gasteiger partial charge >= 0.3 is 5.97 Å². The molecule has 6 nitrogen and oxygen atoms in total. The molecule has 0 bridgehead atoms. The molecule has 3 rings (SSSR count). The minimum atomic E-state index is -0.685. The molecule has 132 valence electrons. The van der Waals surface area contributed by atoms with E-state index in [4.69, 9.17) is 9.47 Å². The minimum Gasteiger partial charge on any atom is -0.497 e. The normalized spacial score (nSPS) is 12.2. The van der Waals surface area contributed by atoms with Gasteiger partial charge in [0.1, 0.15) is 5.75 Å². The van der Waals surface area contributed by atoms with Gasteiger partial charge in [0.05, 0.1) is 18.0 Å². The number of ether oxygens (including phenoxy) is 2. The first-order chi connectivity index (χ1) is 12.6. The van der Waals surface area contributed by atoms with Crippen LogP contribution in [0, 0.1) is 0 Å². The molecule has 0 saturated carbocycles. The summed E-state index contributed by atoms with van der Waals surface area (Å²) in [6, 6.07) is 14.3. The summed E-state index contributed by atoms with van der Waals surface area (Å²) in [5.41, 5.74) is 1.10. The second-order valence-electron chi connectivity index (χ2n) is 5.66. The Morgan fingerprint density at radius 1 is 1.19 bits per heavy atom. The van der Waals surface area contributed by atoms with Gasteiger partial charge in [-0.2, -0.15) is 0 Å². The number of aromatic amines is 1. The zero-order valence-corrected chi connectivity index (χ0v) is 14.4. The van der Waals surface area contributed by atoms with Crippen LogP contribution < -0.4 is 10.3 Å². The van der Waals surface area contributed by atoms with Crippen LogP contribution in [0.25, 0.3) is 17.0 Å². The van der Waals surface area contributed by atoms with E-state index >= 15 is 0 Å². The lowest BCUT2D eigenvalue weighted by molar-refractivity contribution is -0.142. The summed E-state index contributed by atoms with van der Waals surface area (Å²) in [6.07, 6.45) is 2.27. The molecule has 0 spiro atoms. The Balaban J connectivity index is 1.73. The molecule has 1 heterocycles. The van der Waals surface area contributed by atoms with E-state index in [1.165, 1.54) is 6.08 Å². The van der Waals surface area contributed by atoms with Crippen molar-refractivity contribution in [3.8, 4) is 5.75 Å². The lowest BCUT2D eigenvalue weighted by Crippen LogP contribution is -2.16. The van der Waals surface area contributed by atoms with E-state index in [2.05, 4.69) is 9.97 Å². The van der Waals surface area contributed by atoms with Crippen molar-refractivity contribution in [3.05, 3.63) is 76.3 Å². The van der Waals surface area contributed by atoms with Gasteiger partial charge in [0.2, 0.25) is 0 Å². The Morgan fingerprint density at radius 3 is 2.81 bits per heavy atom. The Hall–Kier alpha value is -3.41. The number of esters is 1. The Morgan fingerprint density at radius 2 is 2.00 bits per heavy atom. The molecular formula is C20H18N2O4. The molecule has 0 amide bonds. The van der Waals surface area contributed by atoms with E-state index in [1.54, 1.807) is 50.4 Å². The summed E-state index contributed by atoms with van der Waals surface area (Å²) in [6.45, 7) is 1.66. The average Bonchev–Trinajstić information content (AvgIpc) is 2.66.